The Morgan fingerprint density at radius 3 is 2.43 bits per heavy atom. The summed E-state index contributed by atoms with van der Waals surface area (Å²) in [6, 6.07) is 19.5. The van der Waals surface area contributed by atoms with Gasteiger partial charge in [0, 0.05) is 16.0 Å². The Hall–Kier alpha value is -2.59. The molecule has 0 aliphatic rings. The maximum atomic E-state index is 11.2. The predicted molar refractivity (Wildman–Crippen MR) is 85.4 cm³/mol. The zero-order valence-corrected chi connectivity index (χ0v) is 12.0. The molecule has 0 atom stereocenters. The van der Waals surface area contributed by atoms with Crippen LogP contribution in [0.2, 0.25) is 0 Å². The van der Waals surface area contributed by atoms with E-state index in [9.17, 15) is 4.79 Å². The van der Waals surface area contributed by atoms with Crippen LogP contribution >= 0.6 is 11.3 Å². The summed E-state index contributed by atoms with van der Waals surface area (Å²) >= 11 is 1.64. The number of rotatable bonds is 3. The van der Waals surface area contributed by atoms with E-state index in [0.29, 0.717) is 5.75 Å². The molecule has 104 valence electrons. The zero-order valence-electron chi connectivity index (χ0n) is 11.2. The molecule has 0 unspecified atom stereocenters. The summed E-state index contributed by atoms with van der Waals surface area (Å²) in [5, 5.41) is 2.02. The fourth-order valence-corrected chi connectivity index (χ4v) is 3.02. The first kappa shape index (κ1) is 13.4. The van der Waals surface area contributed by atoms with Crippen LogP contribution in [0.15, 0.2) is 66.0 Å². The second kappa shape index (κ2) is 5.81. The molecule has 21 heavy (non-hydrogen) atoms. The Bertz CT molecular complexity index is 752. The fourth-order valence-electron chi connectivity index (χ4n) is 2.26. The number of nitrogens with two attached hydrogens (primary N) is 1. The molecule has 1 aromatic heterocycles. The number of benzene rings is 2. The normalized spacial score (nSPS) is 10.3. The fraction of sp³-hybridized carbons (Fsp3) is 0. The lowest BCUT2D eigenvalue weighted by Gasteiger charge is -2.13. The van der Waals surface area contributed by atoms with Crippen molar-refractivity contribution < 1.29 is 9.53 Å². The van der Waals surface area contributed by atoms with Crippen molar-refractivity contribution >= 4 is 17.4 Å². The summed E-state index contributed by atoms with van der Waals surface area (Å²) in [5.74, 6) is 0.472. The van der Waals surface area contributed by atoms with Crippen LogP contribution in [-0.4, -0.2) is 6.09 Å². The van der Waals surface area contributed by atoms with Gasteiger partial charge < -0.3 is 10.5 Å². The number of hydrogen-bond acceptors (Lipinski definition) is 3. The van der Waals surface area contributed by atoms with Crippen molar-refractivity contribution in [1.82, 2.24) is 0 Å². The van der Waals surface area contributed by atoms with Crippen molar-refractivity contribution in [2.75, 3.05) is 0 Å². The Kier molecular flexibility index (Phi) is 3.71. The van der Waals surface area contributed by atoms with Crippen molar-refractivity contribution in [3.05, 3.63) is 66.0 Å². The minimum atomic E-state index is -0.810. The summed E-state index contributed by atoms with van der Waals surface area (Å²) in [7, 11) is 0. The number of ether oxygens (including phenoxy) is 1. The number of primary amides is 1. The van der Waals surface area contributed by atoms with Gasteiger partial charge in [-0.15, -0.1) is 11.3 Å². The van der Waals surface area contributed by atoms with E-state index in [1.807, 2.05) is 60.0 Å². The summed E-state index contributed by atoms with van der Waals surface area (Å²) in [5.41, 5.74) is 8.06. The van der Waals surface area contributed by atoms with Crippen molar-refractivity contribution in [2.24, 2.45) is 5.73 Å². The van der Waals surface area contributed by atoms with Crippen LogP contribution in [0, 0.1) is 0 Å². The molecule has 1 heterocycles. The Balaban J connectivity index is 2.23. The molecule has 0 radical (unpaired) electrons. The lowest BCUT2D eigenvalue weighted by molar-refractivity contribution is 0.211. The topological polar surface area (TPSA) is 52.3 Å². The highest BCUT2D eigenvalue weighted by Crippen LogP contribution is 2.40. The maximum Gasteiger partial charge on any atom is 0.409 e. The molecule has 0 aliphatic carbocycles. The molecule has 3 aromatic rings. The number of amides is 1. The summed E-state index contributed by atoms with van der Waals surface area (Å²) in [6.45, 7) is 0. The SMILES string of the molecule is NC(=O)Oc1cccc(-c2cccs2)c1-c1ccccc1. The highest BCUT2D eigenvalue weighted by atomic mass is 32.1. The van der Waals surface area contributed by atoms with Gasteiger partial charge in [0.15, 0.2) is 0 Å². The van der Waals surface area contributed by atoms with Crippen molar-refractivity contribution in [3.63, 3.8) is 0 Å². The van der Waals surface area contributed by atoms with E-state index in [2.05, 4.69) is 0 Å². The van der Waals surface area contributed by atoms with E-state index < -0.39 is 6.09 Å². The van der Waals surface area contributed by atoms with Gasteiger partial charge in [0.05, 0.1) is 0 Å². The average Bonchev–Trinajstić information content (AvgIpc) is 3.01. The number of carbonyl (C=O) groups is 1. The number of carbonyl (C=O) groups excluding carboxylic acids is 1. The van der Waals surface area contributed by atoms with Gasteiger partial charge in [-0.3, -0.25) is 0 Å². The van der Waals surface area contributed by atoms with Crippen molar-refractivity contribution in [3.8, 4) is 27.3 Å². The van der Waals surface area contributed by atoms with E-state index in [1.165, 1.54) is 0 Å². The van der Waals surface area contributed by atoms with Crippen LogP contribution in [-0.2, 0) is 0 Å². The van der Waals surface area contributed by atoms with Crippen LogP contribution < -0.4 is 10.5 Å². The molecule has 3 rings (SSSR count). The molecule has 0 fully saturated rings. The van der Waals surface area contributed by atoms with E-state index >= 15 is 0 Å². The van der Waals surface area contributed by atoms with Crippen molar-refractivity contribution in [2.45, 2.75) is 0 Å². The molecular weight excluding hydrogens is 282 g/mol. The molecule has 2 N–H and O–H groups in total. The Morgan fingerprint density at radius 2 is 1.76 bits per heavy atom. The van der Waals surface area contributed by atoms with Gasteiger partial charge in [0.25, 0.3) is 0 Å². The predicted octanol–water partition coefficient (Wildman–Crippen LogP) is 4.54. The monoisotopic (exact) mass is 295 g/mol. The van der Waals surface area contributed by atoms with E-state index in [1.54, 1.807) is 17.4 Å². The van der Waals surface area contributed by atoms with E-state index in [4.69, 9.17) is 10.5 Å². The third-order valence-corrected chi connectivity index (χ3v) is 3.99. The smallest absolute Gasteiger partial charge is 0.409 e. The molecule has 4 heteroatoms. The van der Waals surface area contributed by atoms with Crippen LogP contribution in [0.25, 0.3) is 21.6 Å². The lowest BCUT2D eigenvalue weighted by Crippen LogP contribution is -2.16. The highest BCUT2D eigenvalue weighted by Gasteiger charge is 2.15. The molecule has 0 spiro atoms. The Morgan fingerprint density at radius 1 is 0.952 bits per heavy atom. The molecule has 0 bridgehead atoms. The molecule has 3 nitrogen and oxygen atoms in total. The minimum Gasteiger partial charge on any atom is -0.410 e. The summed E-state index contributed by atoms with van der Waals surface area (Å²) < 4.78 is 5.18. The molecule has 0 saturated heterocycles. The number of hydrogen-bond donors (Lipinski definition) is 1. The van der Waals surface area contributed by atoms with Gasteiger partial charge in [-0.1, -0.05) is 48.5 Å². The molecule has 0 aliphatic heterocycles. The average molecular weight is 295 g/mol. The van der Waals surface area contributed by atoms with Gasteiger partial charge in [-0.25, -0.2) is 4.79 Å². The molecule has 0 saturated carbocycles. The van der Waals surface area contributed by atoms with Gasteiger partial charge in [-0.05, 0) is 23.1 Å². The van der Waals surface area contributed by atoms with Crippen LogP contribution in [0.3, 0.4) is 0 Å². The van der Waals surface area contributed by atoms with E-state index in [-0.39, 0.29) is 0 Å². The Labute approximate surface area is 126 Å². The second-order valence-corrected chi connectivity index (χ2v) is 5.39. The van der Waals surface area contributed by atoms with Gasteiger partial charge >= 0.3 is 6.09 Å². The lowest BCUT2D eigenvalue weighted by atomic mass is 9.97. The highest BCUT2D eigenvalue weighted by molar-refractivity contribution is 7.13. The molecular formula is C17H13NO2S. The third-order valence-electron chi connectivity index (χ3n) is 3.09. The van der Waals surface area contributed by atoms with Crippen LogP contribution in [0.4, 0.5) is 4.79 Å². The first-order chi connectivity index (χ1) is 10.3. The molecule has 2 aromatic carbocycles. The maximum absolute atomic E-state index is 11.2. The van der Waals surface area contributed by atoms with E-state index in [0.717, 1.165) is 21.6 Å². The largest absolute Gasteiger partial charge is 0.410 e. The molecule has 1 amide bonds. The van der Waals surface area contributed by atoms with Gasteiger partial charge in [-0.2, -0.15) is 0 Å². The van der Waals surface area contributed by atoms with Gasteiger partial charge in [0.2, 0.25) is 0 Å². The van der Waals surface area contributed by atoms with Crippen LogP contribution in [0.5, 0.6) is 5.75 Å². The zero-order chi connectivity index (χ0) is 14.7. The third kappa shape index (κ3) is 2.80. The summed E-state index contributed by atoms with van der Waals surface area (Å²) in [4.78, 5) is 12.3. The number of thiophene rings is 1. The van der Waals surface area contributed by atoms with Crippen molar-refractivity contribution in [1.29, 1.82) is 0 Å². The summed E-state index contributed by atoms with van der Waals surface area (Å²) in [6.07, 6.45) is -0.810. The second-order valence-electron chi connectivity index (χ2n) is 4.44. The van der Waals surface area contributed by atoms with Crippen LogP contribution in [0.1, 0.15) is 0 Å². The first-order valence-electron chi connectivity index (χ1n) is 6.45. The quantitative estimate of drug-likeness (QED) is 0.771. The minimum absolute atomic E-state index is 0.472. The standard InChI is InChI=1S/C17H13NO2S/c18-17(19)20-14-9-4-8-13(15-10-5-11-21-15)16(14)12-6-2-1-3-7-12/h1-11H,(H2,18,19). The van der Waals surface area contributed by atoms with Gasteiger partial charge in [0.1, 0.15) is 5.75 Å². The first-order valence-corrected chi connectivity index (χ1v) is 7.33.